The van der Waals surface area contributed by atoms with Crippen LogP contribution in [0.5, 0.6) is 5.75 Å². The average Bonchev–Trinajstić information content (AvgIpc) is 2.64. The smallest absolute Gasteiger partial charge is 0.232 e. The molecule has 6 nitrogen and oxygen atoms in total. The van der Waals surface area contributed by atoms with Crippen LogP contribution in [0.2, 0.25) is 0 Å². The molecule has 0 aliphatic rings. The van der Waals surface area contributed by atoms with Crippen LogP contribution in [0, 0.1) is 12.7 Å². The minimum atomic E-state index is -3.54. The summed E-state index contributed by atoms with van der Waals surface area (Å²) in [5.74, 6) is 0.151. The highest BCUT2D eigenvalue weighted by atomic mass is 32.2. The number of hydrogen-bond acceptors (Lipinski definition) is 4. The molecular formula is C21H27FN2O4S. The SMILES string of the molecule is Cc1ccccc1OCC(C)NC(=O)CCCN(c1ccc(F)cc1)S(C)(=O)=O. The minimum Gasteiger partial charge on any atom is -0.491 e. The fraction of sp³-hybridized carbons (Fsp3) is 0.381. The van der Waals surface area contributed by atoms with Gasteiger partial charge in [-0.25, -0.2) is 12.8 Å². The molecule has 0 bridgehead atoms. The molecule has 1 N–H and O–H groups in total. The van der Waals surface area contributed by atoms with Gasteiger partial charge in [-0.1, -0.05) is 18.2 Å². The van der Waals surface area contributed by atoms with Gasteiger partial charge in [0.2, 0.25) is 15.9 Å². The lowest BCUT2D eigenvalue weighted by atomic mass is 10.2. The summed E-state index contributed by atoms with van der Waals surface area (Å²) in [6.07, 6.45) is 1.59. The first kappa shape index (κ1) is 22.7. The third-order valence-corrected chi connectivity index (χ3v) is 5.46. The van der Waals surface area contributed by atoms with Crippen molar-refractivity contribution in [1.29, 1.82) is 0 Å². The Kier molecular flexibility index (Phi) is 8.01. The summed E-state index contributed by atoms with van der Waals surface area (Å²) in [5.41, 5.74) is 1.39. The second-order valence-corrected chi connectivity index (χ2v) is 8.87. The molecule has 2 rings (SSSR count). The molecule has 8 heteroatoms. The van der Waals surface area contributed by atoms with Gasteiger partial charge in [-0.3, -0.25) is 9.10 Å². The Hall–Kier alpha value is -2.61. The summed E-state index contributed by atoms with van der Waals surface area (Å²) >= 11 is 0. The number of rotatable bonds is 10. The summed E-state index contributed by atoms with van der Waals surface area (Å²) in [4.78, 5) is 12.2. The number of benzene rings is 2. The molecule has 0 heterocycles. The van der Waals surface area contributed by atoms with E-state index in [-0.39, 0.29) is 24.9 Å². The van der Waals surface area contributed by atoms with Gasteiger partial charge >= 0.3 is 0 Å². The first-order valence-electron chi connectivity index (χ1n) is 9.38. The molecule has 0 aromatic heterocycles. The summed E-state index contributed by atoms with van der Waals surface area (Å²) in [6.45, 7) is 4.26. The van der Waals surface area contributed by atoms with Crippen LogP contribution < -0.4 is 14.4 Å². The molecule has 29 heavy (non-hydrogen) atoms. The number of anilines is 1. The number of amides is 1. The van der Waals surface area contributed by atoms with E-state index in [4.69, 9.17) is 4.74 Å². The molecule has 0 saturated carbocycles. The van der Waals surface area contributed by atoms with Crippen LogP contribution in [0.15, 0.2) is 48.5 Å². The van der Waals surface area contributed by atoms with Crippen molar-refractivity contribution in [3.8, 4) is 5.75 Å². The Labute approximate surface area is 171 Å². The number of sulfonamides is 1. The zero-order chi connectivity index (χ0) is 21.4. The fourth-order valence-corrected chi connectivity index (χ4v) is 3.76. The van der Waals surface area contributed by atoms with Gasteiger partial charge in [-0.15, -0.1) is 0 Å². The molecule has 0 spiro atoms. The molecule has 0 aliphatic heterocycles. The van der Waals surface area contributed by atoms with Gasteiger partial charge in [0, 0.05) is 13.0 Å². The Bertz CT molecular complexity index is 917. The van der Waals surface area contributed by atoms with Gasteiger partial charge in [0.1, 0.15) is 18.2 Å². The highest BCUT2D eigenvalue weighted by Crippen LogP contribution is 2.19. The van der Waals surface area contributed by atoms with E-state index in [9.17, 15) is 17.6 Å². The number of nitrogens with one attached hydrogen (secondary N) is 1. The maximum Gasteiger partial charge on any atom is 0.232 e. The molecule has 1 atom stereocenters. The first-order valence-corrected chi connectivity index (χ1v) is 11.2. The molecule has 0 fully saturated rings. The fourth-order valence-electron chi connectivity index (χ4n) is 2.80. The molecule has 0 aliphatic carbocycles. The maximum absolute atomic E-state index is 13.1. The van der Waals surface area contributed by atoms with Gasteiger partial charge in [0.15, 0.2) is 0 Å². The van der Waals surface area contributed by atoms with Gasteiger partial charge in [0.25, 0.3) is 0 Å². The number of hydrogen-bond donors (Lipinski definition) is 1. The lowest BCUT2D eigenvalue weighted by Gasteiger charge is -2.22. The third-order valence-electron chi connectivity index (χ3n) is 4.27. The number of carbonyl (C=O) groups is 1. The van der Waals surface area contributed by atoms with Crippen molar-refractivity contribution in [2.45, 2.75) is 32.7 Å². The van der Waals surface area contributed by atoms with Crippen LogP contribution in [0.3, 0.4) is 0 Å². The monoisotopic (exact) mass is 422 g/mol. The topological polar surface area (TPSA) is 75.7 Å². The quantitative estimate of drug-likeness (QED) is 0.638. The summed E-state index contributed by atoms with van der Waals surface area (Å²) in [6, 6.07) is 12.7. The Balaban J connectivity index is 1.81. The molecule has 0 saturated heterocycles. The van der Waals surface area contributed by atoms with E-state index in [0.717, 1.165) is 17.6 Å². The molecular weight excluding hydrogens is 395 g/mol. The van der Waals surface area contributed by atoms with E-state index in [1.54, 1.807) is 0 Å². The van der Waals surface area contributed by atoms with Gasteiger partial charge in [-0.05, 0) is 56.2 Å². The van der Waals surface area contributed by atoms with Crippen LogP contribution in [0.4, 0.5) is 10.1 Å². The zero-order valence-electron chi connectivity index (χ0n) is 16.9. The van der Waals surface area contributed by atoms with Crippen molar-refractivity contribution in [3.63, 3.8) is 0 Å². The Morgan fingerprint density at radius 3 is 2.45 bits per heavy atom. The zero-order valence-corrected chi connectivity index (χ0v) is 17.7. The molecule has 0 radical (unpaired) electrons. The van der Waals surface area contributed by atoms with E-state index < -0.39 is 15.8 Å². The van der Waals surface area contributed by atoms with E-state index >= 15 is 0 Å². The van der Waals surface area contributed by atoms with Gasteiger partial charge in [-0.2, -0.15) is 0 Å². The standard InChI is InChI=1S/C21H27FN2O4S/c1-16-7-4-5-8-20(16)28-15-17(2)23-21(25)9-6-14-24(29(3,26)27)19-12-10-18(22)11-13-19/h4-5,7-8,10-13,17H,6,9,14-15H2,1-3H3,(H,23,25). The van der Waals surface area contributed by atoms with Crippen LogP contribution >= 0.6 is 0 Å². The van der Waals surface area contributed by atoms with Crippen LogP contribution in [-0.2, 0) is 14.8 Å². The van der Waals surface area contributed by atoms with Crippen LogP contribution in [0.25, 0.3) is 0 Å². The third kappa shape index (κ3) is 7.38. The normalized spacial score (nSPS) is 12.3. The highest BCUT2D eigenvalue weighted by molar-refractivity contribution is 7.92. The van der Waals surface area contributed by atoms with E-state index in [1.807, 2.05) is 38.1 Å². The van der Waals surface area contributed by atoms with Crippen molar-refractivity contribution in [2.75, 3.05) is 23.7 Å². The number of para-hydroxylation sites is 1. The van der Waals surface area contributed by atoms with E-state index in [0.29, 0.717) is 18.7 Å². The molecule has 2 aromatic carbocycles. The maximum atomic E-state index is 13.1. The van der Waals surface area contributed by atoms with Crippen molar-refractivity contribution in [3.05, 3.63) is 59.9 Å². The van der Waals surface area contributed by atoms with Crippen molar-refractivity contribution in [2.24, 2.45) is 0 Å². The van der Waals surface area contributed by atoms with E-state index in [1.165, 1.54) is 28.6 Å². The lowest BCUT2D eigenvalue weighted by Crippen LogP contribution is -2.37. The number of carbonyl (C=O) groups excluding carboxylic acids is 1. The predicted molar refractivity (Wildman–Crippen MR) is 112 cm³/mol. The van der Waals surface area contributed by atoms with Gasteiger partial charge < -0.3 is 10.1 Å². The second-order valence-electron chi connectivity index (χ2n) is 6.96. The first-order chi connectivity index (χ1) is 13.7. The minimum absolute atomic E-state index is 0.131. The van der Waals surface area contributed by atoms with Crippen molar-refractivity contribution >= 4 is 21.6 Å². The number of nitrogens with zero attached hydrogens (tertiary/aromatic N) is 1. The average molecular weight is 423 g/mol. The Morgan fingerprint density at radius 2 is 1.83 bits per heavy atom. The van der Waals surface area contributed by atoms with Crippen LogP contribution in [0.1, 0.15) is 25.3 Å². The Morgan fingerprint density at radius 1 is 1.17 bits per heavy atom. The molecule has 1 amide bonds. The highest BCUT2D eigenvalue weighted by Gasteiger charge is 2.18. The number of aryl methyl sites for hydroxylation is 1. The summed E-state index contributed by atoms with van der Waals surface area (Å²) in [5, 5.41) is 2.85. The largest absolute Gasteiger partial charge is 0.491 e. The predicted octanol–water partition coefficient (Wildman–Crippen LogP) is 3.26. The summed E-state index contributed by atoms with van der Waals surface area (Å²) < 4.78 is 44.0. The lowest BCUT2D eigenvalue weighted by molar-refractivity contribution is -0.121. The van der Waals surface area contributed by atoms with Crippen molar-refractivity contribution in [1.82, 2.24) is 5.32 Å². The van der Waals surface area contributed by atoms with Crippen LogP contribution in [-0.4, -0.2) is 39.8 Å². The molecule has 158 valence electrons. The molecule has 1 unspecified atom stereocenters. The summed E-state index contributed by atoms with van der Waals surface area (Å²) in [7, 11) is -3.54. The number of ether oxygens (including phenoxy) is 1. The van der Waals surface area contributed by atoms with E-state index in [2.05, 4.69) is 5.32 Å². The molecule has 2 aromatic rings. The van der Waals surface area contributed by atoms with Crippen molar-refractivity contribution < 1.29 is 22.3 Å². The van der Waals surface area contributed by atoms with Gasteiger partial charge in [0.05, 0.1) is 18.0 Å². The number of halogens is 1. The second kappa shape index (κ2) is 10.2.